The summed E-state index contributed by atoms with van der Waals surface area (Å²) in [5, 5.41) is 0. The molecule has 1 saturated carbocycles. The molecule has 1 aromatic carbocycles. The highest BCUT2D eigenvalue weighted by Gasteiger charge is 2.42. The molecule has 0 radical (unpaired) electrons. The molecule has 5 nitrogen and oxygen atoms in total. The lowest BCUT2D eigenvalue weighted by atomic mass is 9.81. The molecule has 0 saturated heterocycles. The average molecular weight is 551 g/mol. The zero-order chi connectivity index (χ0) is 27.7. The van der Waals surface area contributed by atoms with Crippen LogP contribution in [0.4, 0.5) is 13.2 Å². The predicted octanol–water partition coefficient (Wildman–Crippen LogP) is 6.11. The van der Waals surface area contributed by atoms with E-state index in [0.717, 1.165) is 28.9 Å². The fourth-order valence-corrected chi connectivity index (χ4v) is 6.85. The van der Waals surface area contributed by atoms with E-state index in [1.807, 2.05) is 6.07 Å². The van der Waals surface area contributed by atoms with Crippen molar-refractivity contribution in [1.29, 1.82) is 0 Å². The van der Waals surface area contributed by atoms with Gasteiger partial charge >= 0.3 is 6.18 Å². The predicted molar refractivity (Wildman–Crippen MR) is 140 cm³/mol. The van der Waals surface area contributed by atoms with Crippen LogP contribution in [0.25, 0.3) is 0 Å². The van der Waals surface area contributed by atoms with Crippen LogP contribution in [0.5, 0.6) is 0 Å². The third kappa shape index (κ3) is 6.65. The van der Waals surface area contributed by atoms with Crippen molar-refractivity contribution in [2.45, 2.75) is 83.0 Å². The van der Waals surface area contributed by atoms with Crippen LogP contribution in [0.3, 0.4) is 0 Å². The van der Waals surface area contributed by atoms with E-state index in [1.54, 1.807) is 37.4 Å². The smallest absolute Gasteiger partial charge is 0.299 e. The summed E-state index contributed by atoms with van der Waals surface area (Å²) in [4.78, 5) is 20.1. The van der Waals surface area contributed by atoms with Gasteiger partial charge in [0.2, 0.25) is 0 Å². The van der Waals surface area contributed by atoms with Gasteiger partial charge in [-0.3, -0.25) is 14.7 Å². The molecule has 1 aromatic heterocycles. The van der Waals surface area contributed by atoms with Crippen LogP contribution < -0.4 is 0 Å². The summed E-state index contributed by atoms with van der Waals surface area (Å²) in [6, 6.07) is 8.65. The van der Waals surface area contributed by atoms with Crippen LogP contribution in [-0.4, -0.2) is 42.6 Å². The van der Waals surface area contributed by atoms with Crippen molar-refractivity contribution in [3.05, 3.63) is 58.9 Å². The maximum atomic E-state index is 13.1. The quantitative estimate of drug-likeness (QED) is 0.377. The van der Waals surface area contributed by atoms with Crippen molar-refractivity contribution in [2.24, 2.45) is 17.8 Å². The number of carbonyl (C=O) groups excluding carboxylic acids is 1. The molecule has 38 heavy (non-hydrogen) atoms. The number of Topliss-reactive ketones (excluding diaryl/α,β-unsaturated/α-hetero) is 1. The van der Waals surface area contributed by atoms with Crippen LogP contribution >= 0.6 is 0 Å². The minimum atomic E-state index is -4.09. The summed E-state index contributed by atoms with van der Waals surface area (Å²) in [5.41, 5.74) is 3.71. The number of hydrogen-bond acceptors (Lipinski definition) is 5. The van der Waals surface area contributed by atoms with Gasteiger partial charge in [0.15, 0.2) is 9.84 Å². The molecule has 0 spiro atoms. The van der Waals surface area contributed by atoms with Crippen LogP contribution in [0, 0.1) is 17.8 Å². The number of nitrogens with zero attached hydrogens (tertiary/aromatic N) is 2. The lowest BCUT2D eigenvalue weighted by molar-refractivity contribution is -0.184. The van der Waals surface area contributed by atoms with Crippen LogP contribution in [0.1, 0.15) is 74.9 Å². The number of fused-ring (bicyclic) bond motifs is 1. The molecule has 9 heteroatoms. The number of alkyl halides is 3. The Bertz CT molecular complexity index is 1230. The van der Waals surface area contributed by atoms with Crippen molar-refractivity contribution < 1.29 is 26.4 Å². The van der Waals surface area contributed by atoms with Crippen molar-refractivity contribution in [1.82, 2.24) is 9.88 Å². The SMILES string of the molecule is CCS(=O)(=O)c1ccc(CC(=O)Cc2cnc3c(c2)CN(CC2CCC(C(F)(F)F)CC2)[C@H]3C(C)C)cc1. The second kappa shape index (κ2) is 11.5. The summed E-state index contributed by atoms with van der Waals surface area (Å²) < 4.78 is 63.2. The third-order valence-corrected chi connectivity index (χ3v) is 9.75. The van der Waals surface area contributed by atoms with Gasteiger partial charge in [0, 0.05) is 32.1 Å². The first-order valence-corrected chi connectivity index (χ1v) is 15.1. The molecule has 1 fully saturated rings. The van der Waals surface area contributed by atoms with Crippen LogP contribution in [0.2, 0.25) is 0 Å². The molecule has 4 rings (SSSR count). The molecule has 0 bridgehead atoms. The molecule has 1 aliphatic carbocycles. The summed E-state index contributed by atoms with van der Waals surface area (Å²) >= 11 is 0. The number of ketones is 1. The Kier molecular flexibility index (Phi) is 8.67. The minimum absolute atomic E-state index is 0.0227. The van der Waals surface area contributed by atoms with Gasteiger partial charge in [-0.25, -0.2) is 8.42 Å². The molecule has 2 aromatic rings. The molecule has 1 aliphatic heterocycles. The second-order valence-electron chi connectivity index (χ2n) is 11.2. The van der Waals surface area contributed by atoms with E-state index in [0.29, 0.717) is 25.3 Å². The Morgan fingerprint density at radius 3 is 2.26 bits per heavy atom. The summed E-state index contributed by atoms with van der Waals surface area (Å²) in [6.07, 6.45) is -0.256. The van der Waals surface area contributed by atoms with Gasteiger partial charge in [-0.15, -0.1) is 0 Å². The van der Waals surface area contributed by atoms with E-state index in [2.05, 4.69) is 18.7 Å². The van der Waals surface area contributed by atoms with E-state index in [4.69, 9.17) is 4.98 Å². The molecular weight excluding hydrogens is 513 g/mol. The zero-order valence-corrected chi connectivity index (χ0v) is 23.1. The van der Waals surface area contributed by atoms with Crippen molar-refractivity contribution in [3.63, 3.8) is 0 Å². The van der Waals surface area contributed by atoms with Gasteiger partial charge in [0.05, 0.1) is 28.3 Å². The molecule has 1 atom stereocenters. The number of rotatable bonds is 9. The molecule has 208 valence electrons. The molecule has 2 aliphatic rings. The lowest BCUT2D eigenvalue weighted by Gasteiger charge is -2.35. The van der Waals surface area contributed by atoms with Gasteiger partial charge in [-0.1, -0.05) is 39.0 Å². The summed E-state index contributed by atoms with van der Waals surface area (Å²) in [5.74, 6) is -0.551. The first kappa shape index (κ1) is 28.7. The van der Waals surface area contributed by atoms with Gasteiger partial charge in [-0.05, 0) is 66.3 Å². The number of halogens is 3. The third-order valence-electron chi connectivity index (χ3n) is 8.00. The van der Waals surface area contributed by atoms with E-state index in [1.165, 1.54) is 0 Å². The molecular formula is C29H37F3N2O3S. The molecule has 0 N–H and O–H groups in total. The number of sulfone groups is 1. The van der Waals surface area contributed by atoms with Gasteiger partial charge in [0.1, 0.15) is 5.78 Å². The fraction of sp³-hybridized carbons (Fsp3) is 0.586. The lowest BCUT2D eigenvalue weighted by Crippen LogP contribution is -2.35. The Balaban J connectivity index is 1.38. The molecule has 0 amide bonds. The van der Waals surface area contributed by atoms with Crippen molar-refractivity contribution in [2.75, 3.05) is 12.3 Å². The standard InChI is InChI=1S/C29H37F3N2O3S/c1-4-38(36,37)26-11-7-20(8-12-26)14-25(35)15-22-13-23-18-34(28(19(2)3)27(23)33-16-22)17-21-5-9-24(10-6-21)29(30,31)32/h7-8,11-13,16,19,21,24,28H,4-6,9-10,14-15,17-18H2,1-3H3/t21?,24?,28-/m0/s1. The largest absolute Gasteiger partial charge is 0.391 e. The first-order valence-electron chi connectivity index (χ1n) is 13.5. The topological polar surface area (TPSA) is 67.3 Å². The maximum Gasteiger partial charge on any atom is 0.391 e. The van der Waals surface area contributed by atoms with Gasteiger partial charge in [0.25, 0.3) is 0 Å². The number of aromatic nitrogens is 1. The Morgan fingerprint density at radius 2 is 1.68 bits per heavy atom. The maximum absolute atomic E-state index is 13.1. The Morgan fingerprint density at radius 1 is 1.05 bits per heavy atom. The van der Waals surface area contributed by atoms with E-state index < -0.39 is 21.9 Å². The molecule has 0 unspecified atom stereocenters. The minimum Gasteiger partial charge on any atom is -0.299 e. The van der Waals surface area contributed by atoms with Crippen molar-refractivity contribution >= 4 is 15.6 Å². The van der Waals surface area contributed by atoms with Gasteiger partial charge in [-0.2, -0.15) is 13.2 Å². The monoisotopic (exact) mass is 550 g/mol. The normalized spacial score (nSPS) is 22.6. The van der Waals surface area contributed by atoms with E-state index in [9.17, 15) is 26.4 Å². The Hall–Kier alpha value is -2.26. The number of pyridine rings is 1. The highest BCUT2D eigenvalue weighted by Crippen LogP contribution is 2.43. The number of benzene rings is 1. The summed E-state index contributed by atoms with van der Waals surface area (Å²) in [6.45, 7) is 7.34. The van der Waals surface area contributed by atoms with Crippen LogP contribution in [0.15, 0.2) is 41.4 Å². The highest BCUT2D eigenvalue weighted by molar-refractivity contribution is 7.91. The van der Waals surface area contributed by atoms with Crippen molar-refractivity contribution in [3.8, 4) is 0 Å². The zero-order valence-electron chi connectivity index (χ0n) is 22.3. The van der Waals surface area contributed by atoms with Gasteiger partial charge < -0.3 is 0 Å². The number of hydrogen-bond donors (Lipinski definition) is 0. The van der Waals surface area contributed by atoms with E-state index >= 15 is 0 Å². The highest BCUT2D eigenvalue weighted by atomic mass is 32.2. The summed E-state index contributed by atoms with van der Waals surface area (Å²) in [7, 11) is -3.27. The van der Waals surface area contributed by atoms with Crippen LogP contribution in [-0.2, 0) is 34.0 Å². The average Bonchev–Trinajstić information content (AvgIpc) is 3.21. The molecule has 2 heterocycles. The Labute approximate surface area is 223 Å². The number of carbonyl (C=O) groups is 1. The second-order valence-corrected chi connectivity index (χ2v) is 13.5. The first-order chi connectivity index (χ1) is 17.9. The van der Waals surface area contributed by atoms with E-state index in [-0.39, 0.29) is 54.1 Å². The fourth-order valence-electron chi connectivity index (χ4n) is 5.97.